The molecule has 0 aliphatic carbocycles. The van der Waals surface area contributed by atoms with E-state index in [0.717, 1.165) is 12.1 Å². The summed E-state index contributed by atoms with van der Waals surface area (Å²) in [5.74, 6) is -3.26. The van der Waals surface area contributed by atoms with Crippen LogP contribution in [0, 0.1) is 17.5 Å². The van der Waals surface area contributed by atoms with Gasteiger partial charge in [-0.1, -0.05) is 0 Å². The van der Waals surface area contributed by atoms with Gasteiger partial charge in [-0.3, -0.25) is 4.72 Å². The second-order valence-electron chi connectivity index (χ2n) is 3.92. The van der Waals surface area contributed by atoms with Gasteiger partial charge in [-0.05, 0) is 30.3 Å². The third-order valence-electron chi connectivity index (χ3n) is 2.45. The maximum absolute atomic E-state index is 13.2. The summed E-state index contributed by atoms with van der Waals surface area (Å²) in [6.07, 6.45) is 0. The Hall–Kier alpha value is -2.22. The molecule has 2 rings (SSSR count). The first-order valence-corrected chi connectivity index (χ1v) is 6.81. The molecular weight excluding hydrogens is 293 g/mol. The number of hydrogen-bond acceptors (Lipinski definition) is 3. The second kappa shape index (κ2) is 5.04. The van der Waals surface area contributed by atoms with E-state index < -0.39 is 32.4 Å². The second-order valence-corrected chi connectivity index (χ2v) is 5.60. The highest BCUT2D eigenvalue weighted by Gasteiger charge is 2.17. The number of hydrogen-bond donors (Lipinski definition) is 2. The Labute approximate surface area is 113 Å². The van der Waals surface area contributed by atoms with Gasteiger partial charge in [-0.2, -0.15) is 0 Å². The molecule has 0 aliphatic rings. The Kier molecular flexibility index (Phi) is 3.58. The van der Waals surface area contributed by atoms with Gasteiger partial charge < -0.3 is 5.73 Å². The molecule has 8 heteroatoms. The van der Waals surface area contributed by atoms with Crippen LogP contribution in [-0.4, -0.2) is 8.42 Å². The van der Waals surface area contributed by atoms with Crippen LogP contribution < -0.4 is 10.5 Å². The third kappa shape index (κ3) is 2.85. The molecule has 2 aromatic carbocycles. The number of nitrogens with one attached hydrogen (secondary N) is 1. The van der Waals surface area contributed by atoms with Gasteiger partial charge >= 0.3 is 0 Å². The van der Waals surface area contributed by atoms with Gasteiger partial charge in [-0.25, -0.2) is 21.6 Å². The van der Waals surface area contributed by atoms with Gasteiger partial charge in [0.05, 0.1) is 16.3 Å². The van der Waals surface area contributed by atoms with E-state index in [0.29, 0.717) is 12.1 Å². The molecule has 106 valence electrons. The average molecular weight is 302 g/mol. The molecule has 0 spiro atoms. The van der Waals surface area contributed by atoms with Crippen molar-refractivity contribution in [2.75, 3.05) is 10.5 Å². The van der Waals surface area contributed by atoms with E-state index in [1.54, 1.807) is 0 Å². The third-order valence-corrected chi connectivity index (χ3v) is 3.83. The van der Waals surface area contributed by atoms with E-state index in [1.807, 2.05) is 4.72 Å². The summed E-state index contributed by atoms with van der Waals surface area (Å²) in [5, 5.41) is 0. The van der Waals surface area contributed by atoms with Gasteiger partial charge in [0.25, 0.3) is 10.0 Å². The summed E-state index contributed by atoms with van der Waals surface area (Å²) in [4.78, 5) is -0.478. The van der Waals surface area contributed by atoms with Crippen molar-refractivity contribution in [1.82, 2.24) is 0 Å². The lowest BCUT2D eigenvalue weighted by Crippen LogP contribution is -2.13. The topological polar surface area (TPSA) is 72.2 Å². The van der Waals surface area contributed by atoms with Crippen LogP contribution >= 0.6 is 0 Å². The lowest BCUT2D eigenvalue weighted by Gasteiger charge is -2.09. The van der Waals surface area contributed by atoms with E-state index in [9.17, 15) is 21.6 Å². The summed E-state index contributed by atoms with van der Waals surface area (Å²) >= 11 is 0. The van der Waals surface area contributed by atoms with Crippen molar-refractivity contribution in [3.8, 4) is 0 Å². The predicted molar refractivity (Wildman–Crippen MR) is 68.0 cm³/mol. The summed E-state index contributed by atoms with van der Waals surface area (Å²) < 4.78 is 64.8. The molecular formula is C12H9F3N2O2S. The van der Waals surface area contributed by atoms with Crippen molar-refractivity contribution in [3.05, 3.63) is 53.8 Å². The first kappa shape index (κ1) is 14.2. The highest BCUT2D eigenvalue weighted by molar-refractivity contribution is 7.92. The molecule has 4 nitrogen and oxygen atoms in total. The number of nitrogens with two attached hydrogens (primary N) is 1. The number of halogens is 3. The molecule has 20 heavy (non-hydrogen) atoms. The van der Waals surface area contributed by atoms with Gasteiger partial charge in [0.2, 0.25) is 0 Å². The van der Waals surface area contributed by atoms with Crippen molar-refractivity contribution < 1.29 is 21.6 Å². The van der Waals surface area contributed by atoms with Crippen LogP contribution in [0.25, 0.3) is 0 Å². The van der Waals surface area contributed by atoms with Gasteiger partial charge in [-0.15, -0.1) is 0 Å². The van der Waals surface area contributed by atoms with Gasteiger partial charge in [0.1, 0.15) is 5.82 Å². The normalized spacial score (nSPS) is 11.3. The fourth-order valence-corrected chi connectivity index (χ4v) is 2.51. The Morgan fingerprint density at radius 2 is 1.60 bits per heavy atom. The minimum atomic E-state index is -4.15. The highest BCUT2D eigenvalue weighted by atomic mass is 32.2. The van der Waals surface area contributed by atoms with Gasteiger partial charge in [0, 0.05) is 6.07 Å². The zero-order valence-electron chi connectivity index (χ0n) is 9.90. The van der Waals surface area contributed by atoms with Crippen molar-refractivity contribution in [3.63, 3.8) is 0 Å². The highest BCUT2D eigenvalue weighted by Crippen LogP contribution is 2.21. The molecule has 0 amide bonds. The van der Waals surface area contributed by atoms with Crippen LogP contribution in [-0.2, 0) is 10.0 Å². The number of sulfonamides is 1. The van der Waals surface area contributed by atoms with E-state index in [4.69, 9.17) is 5.73 Å². The Bertz CT molecular complexity index is 763. The summed E-state index contributed by atoms with van der Waals surface area (Å²) in [6.45, 7) is 0. The summed E-state index contributed by atoms with van der Waals surface area (Å²) in [6, 6.07) is 5.42. The van der Waals surface area contributed by atoms with Crippen molar-refractivity contribution in [2.45, 2.75) is 4.90 Å². The molecule has 0 fully saturated rings. The van der Waals surface area contributed by atoms with E-state index in [-0.39, 0.29) is 11.4 Å². The molecule has 0 radical (unpaired) electrons. The SMILES string of the molecule is Nc1ccc(NS(=O)(=O)c2ccc(F)c(F)c2)cc1F. The number of anilines is 2. The van der Waals surface area contributed by atoms with Gasteiger partial charge in [0.15, 0.2) is 11.6 Å². The molecule has 0 aliphatic heterocycles. The van der Waals surface area contributed by atoms with Crippen LogP contribution in [0.5, 0.6) is 0 Å². The van der Waals surface area contributed by atoms with E-state index in [2.05, 4.69) is 0 Å². The van der Waals surface area contributed by atoms with Crippen LogP contribution in [0.2, 0.25) is 0 Å². The minimum Gasteiger partial charge on any atom is -0.396 e. The van der Waals surface area contributed by atoms with Crippen LogP contribution in [0.1, 0.15) is 0 Å². The minimum absolute atomic E-state index is 0.0820. The quantitative estimate of drug-likeness (QED) is 0.856. The average Bonchev–Trinajstić information content (AvgIpc) is 2.37. The number of benzene rings is 2. The molecule has 0 saturated carbocycles. The smallest absolute Gasteiger partial charge is 0.262 e. The molecule has 0 unspecified atom stereocenters. The van der Waals surface area contributed by atoms with Crippen molar-refractivity contribution in [2.24, 2.45) is 0 Å². The lowest BCUT2D eigenvalue weighted by molar-refractivity contribution is 0.504. The molecule has 2 aromatic rings. The zero-order valence-corrected chi connectivity index (χ0v) is 10.7. The summed E-state index contributed by atoms with van der Waals surface area (Å²) in [7, 11) is -4.15. The fourth-order valence-electron chi connectivity index (χ4n) is 1.45. The van der Waals surface area contributed by atoms with Crippen LogP contribution in [0.4, 0.5) is 24.5 Å². The van der Waals surface area contributed by atoms with E-state index in [1.165, 1.54) is 12.1 Å². The van der Waals surface area contributed by atoms with Crippen LogP contribution in [0.15, 0.2) is 41.3 Å². The van der Waals surface area contributed by atoms with Crippen molar-refractivity contribution in [1.29, 1.82) is 0 Å². The van der Waals surface area contributed by atoms with E-state index >= 15 is 0 Å². The Balaban J connectivity index is 2.35. The maximum Gasteiger partial charge on any atom is 0.262 e. The van der Waals surface area contributed by atoms with Crippen molar-refractivity contribution >= 4 is 21.4 Å². The number of rotatable bonds is 3. The zero-order chi connectivity index (χ0) is 14.9. The lowest BCUT2D eigenvalue weighted by atomic mass is 10.3. The standard InChI is InChI=1S/C12H9F3N2O2S/c13-9-3-2-8(6-10(9)14)20(18,19)17-7-1-4-12(16)11(15)5-7/h1-6,17H,16H2. The molecule has 0 heterocycles. The Morgan fingerprint density at radius 3 is 2.20 bits per heavy atom. The van der Waals surface area contributed by atoms with Crippen LogP contribution in [0.3, 0.4) is 0 Å². The Morgan fingerprint density at radius 1 is 0.900 bits per heavy atom. The first-order chi connectivity index (χ1) is 9.29. The molecule has 0 saturated heterocycles. The largest absolute Gasteiger partial charge is 0.396 e. The fraction of sp³-hybridized carbons (Fsp3) is 0. The number of nitrogen functional groups attached to an aromatic ring is 1. The molecule has 0 aromatic heterocycles. The predicted octanol–water partition coefficient (Wildman–Crippen LogP) is 2.49. The molecule has 0 bridgehead atoms. The monoisotopic (exact) mass is 302 g/mol. The summed E-state index contributed by atoms with van der Waals surface area (Å²) in [5.41, 5.74) is 5.04. The molecule has 3 N–H and O–H groups in total. The maximum atomic E-state index is 13.2. The molecule has 0 atom stereocenters. The first-order valence-electron chi connectivity index (χ1n) is 5.32.